The Balaban J connectivity index is 1.86. The number of hydrogen-bond acceptors (Lipinski definition) is 4. The van der Waals surface area contributed by atoms with Crippen LogP contribution in [0.15, 0.2) is 18.2 Å². The lowest BCUT2D eigenvalue weighted by atomic mass is 10.1. The van der Waals surface area contributed by atoms with Gasteiger partial charge in [0.15, 0.2) is 6.61 Å². The van der Waals surface area contributed by atoms with Crippen LogP contribution < -0.4 is 10.1 Å². The molecule has 1 aromatic carbocycles. The average molecular weight is 295 g/mol. The minimum atomic E-state index is -0.208. The molecule has 0 saturated carbocycles. The van der Waals surface area contributed by atoms with Crippen molar-refractivity contribution in [3.8, 4) is 11.8 Å². The molecule has 106 valence electrons. The molecule has 1 heterocycles. The Bertz CT molecular complexity index is 522. The smallest absolute Gasteiger partial charge is 0.258 e. The van der Waals surface area contributed by atoms with Crippen LogP contribution in [0.3, 0.4) is 0 Å². The Morgan fingerprint density at radius 2 is 2.25 bits per heavy atom. The maximum absolute atomic E-state index is 11.8. The number of benzene rings is 1. The summed E-state index contributed by atoms with van der Waals surface area (Å²) >= 11 is 5.84. The molecule has 5 nitrogen and oxygen atoms in total. The number of hydrogen-bond donors (Lipinski definition) is 1. The number of nitrogens with zero attached hydrogens (tertiary/aromatic N) is 1. The fraction of sp³-hybridized carbons (Fsp3) is 0.429. The van der Waals surface area contributed by atoms with Crippen molar-refractivity contribution in [2.75, 3.05) is 19.8 Å². The minimum Gasteiger partial charge on any atom is -0.482 e. The fourth-order valence-electron chi connectivity index (χ4n) is 1.96. The molecule has 0 aliphatic carbocycles. The van der Waals surface area contributed by atoms with Crippen LogP contribution in [0.4, 0.5) is 0 Å². The van der Waals surface area contributed by atoms with Gasteiger partial charge in [0.2, 0.25) is 0 Å². The van der Waals surface area contributed by atoms with E-state index in [1.54, 1.807) is 12.1 Å². The van der Waals surface area contributed by atoms with Gasteiger partial charge in [-0.15, -0.1) is 0 Å². The lowest BCUT2D eigenvalue weighted by Crippen LogP contribution is -2.41. The SMILES string of the molecule is N#Cc1ccc(Cl)cc1OCC(=O)NC1CCOCC1. The monoisotopic (exact) mass is 294 g/mol. The third-order valence-corrected chi connectivity index (χ3v) is 3.24. The summed E-state index contributed by atoms with van der Waals surface area (Å²) in [6, 6.07) is 6.83. The maximum atomic E-state index is 11.8. The highest BCUT2D eigenvalue weighted by Crippen LogP contribution is 2.22. The Labute approximate surface area is 122 Å². The molecule has 1 N–H and O–H groups in total. The quantitative estimate of drug-likeness (QED) is 0.920. The minimum absolute atomic E-state index is 0.133. The molecule has 6 heteroatoms. The largest absolute Gasteiger partial charge is 0.482 e. The summed E-state index contributed by atoms with van der Waals surface area (Å²) in [4.78, 5) is 11.8. The maximum Gasteiger partial charge on any atom is 0.258 e. The van der Waals surface area contributed by atoms with Crippen molar-refractivity contribution in [3.05, 3.63) is 28.8 Å². The molecule has 20 heavy (non-hydrogen) atoms. The fourth-order valence-corrected chi connectivity index (χ4v) is 2.12. The van der Waals surface area contributed by atoms with Crippen LogP contribution in [0.5, 0.6) is 5.75 Å². The van der Waals surface area contributed by atoms with Gasteiger partial charge in [-0.1, -0.05) is 11.6 Å². The lowest BCUT2D eigenvalue weighted by molar-refractivity contribution is -0.124. The molecular weight excluding hydrogens is 280 g/mol. The Morgan fingerprint density at radius 3 is 2.95 bits per heavy atom. The van der Waals surface area contributed by atoms with E-state index in [1.165, 1.54) is 6.07 Å². The topological polar surface area (TPSA) is 71.3 Å². The van der Waals surface area contributed by atoms with Crippen LogP contribution in [0, 0.1) is 11.3 Å². The van der Waals surface area contributed by atoms with Gasteiger partial charge in [0.1, 0.15) is 11.8 Å². The van der Waals surface area contributed by atoms with Crippen LogP contribution in [0.1, 0.15) is 18.4 Å². The second kappa shape index (κ2) is 7.13. The molecule has 0 radical (unpaired) electrons. The molecular formula is C14H15ClN2O3. The van der Waals surface area contributed by atoms with E-state index in [9.17, 15) is 4.79 Å². The molecule has 2 rings (SSSR count). The Morgan fingerprint density at radius 1 is 1.50 bits per heavy atom. The van der Waals surface area contributed by atoms with Crippen LogP contribution in [0.2, 0.25) is 5.02 Å². The van der Waals surface area contributed by atoms with Crippen molar-refractivity contribution >= 4 is 17.5 Å². The van der Waals surface area contributed by atoms with Crippen LogP contribution in [0.25, 0.3) is 0 Å². The number of nitrogens with one attached hydrogen (secondary N) is 1. The molecule has 1 aliphatic rings. The van der Waals surface area contributed by atoms with Gasteiger partial charge >= 0.3 is 0 Å². The van der Waals surface area contributed by atoms with Crippen molar-refractivity contribution in [2.45, 2.75) is 18.9 Å². The van der Waals surface area contributed by atoms with Gasteiger partial charge in [-0.05, 0) is 25.0 Å². The zero-order chi connectivity index (χ0) is 14.4. The first-order valence-electron chi connectivity index (χ1n) is 6.38. The predicted molar refractivity (Wildman–Crippen MR) is 73.6 cm³/mol. The molecule has 0 bridgehead atoms. The summed E-state index contributed by atoms with van der Waals surface area (Å²) in [6.07, 6.45) is 1.62. The molecule has 1 fully saturated rings. The summed E-state index contributed by atoms with van der Waals surface area (Å²) in [7, 11) is 0. The third-order valence-electron chi connectivity index (χ3n) is 3.01. The summed E-state index contributed by atoms with van der Waals surface area (Å²) in [6.45, 7) is 1.20. The Hall–Kier alpha value is -1.77. The number of nitriles is 1. The molecule has 1 amide bonds. The Kier molecular flexibility index (Phi) is 5.22. The molecule has 0 unspecified atom stereocenters. The normalized spacial score (nSPS) is 15.4. The standard InChI is InChI=1S/C14H15ClN2O3/c15-11-2-1-10(8-16)13(7-11)20-9-14(18)17-12-3-5-19-6-4-12/h1-2,7,12H,3-6,9H2,(H,17,18). The van der Waals surface area contributed by atoms with Crippen molar-refractivity contribution in [1.29, 1.82) is 5.26 Å². The highest BCUT2D eigenvalue weighted by atomic mass is 35.5. The number of amides is 1. The van der Waals surface area contributed by atoms with Gasteiger partial charge in [-0.2, -0.15) is 5.26 Å². The lowest BCUT2D eigenvalue weighted by Gasteiger charge is -2.23. The number of ether oxygens (including phenoxy) is 2. The summed E-state index contributed by atoms with van der Waals surface area (Å²) in [5.74, 6) is 0.114. The van der Waals surface area contributed by atoms with Gasteiger partial charge in [0.25, 0.3) is 5.91 Å². The van der Waals surface area contributed by atoms with E-state index < -0.39 is 0 Å². The van der Waals surface area contributed by atoms with Crippen molar-refractivity contribution in [3.63, 3.8) is 0 Å². The van der Waals surface area contributed by atoms with E-state index in [4.69, 9.17) is 26.3 Å². The number of halogens is 1. The zero-order valence-electron chi connectivity index (χ0n) is 10.9. The molecule has 0 spiro atoms. The summed E-state index contributed by atoms with van der Waals surface area (Å²) in [5, 5.41) is 12.3. The first-order valence-corrected chi connectivity index (χ1v) is 6.76. The first kappa shape index (κ1) is 14.6. The highest BCUT2D eigenvalue weighted by molar-refractivity contribution is 6.30. The third kappa shape index (κ3) is 4.12. The van der Waals surface area contributed by atoms with E-state index >= 15 is 0 Å². The van der Waals surface area contributed by atoms with Crippen LogP contribution >= 0.6 is 11.6 Å². The predicted octanol–water partition coefficient (Wildman–Crippen LogP) is 1.89. The number of carbonyl (C=O) groups excluding carboxylic acids is 1. The van der Waals surface area contributed by atoms with Crippen LogP contribution in [-0.4, -0.2) is 31.8 Å². The van der Waals surface area contributed by atoms with Gasteiger partial charge in [-0.25, -0.2) is 0 Å². The van der Waals surface area contributed by atoms with E-state index in [0.29, 0.717) is 29.5 Å². The number of rotatable bonds is 4. The molecule has 0 atom stereocenters. The first-order chi connectivity index (χ1) is 9.69. The molecule has 1 aliphatic heterocycles. The van der Waals surface area contributed by atoms with Gasteiger partial charge in [0, 0.05) is 30.3 Å². The average Bonchev–Trinajstić information content (AvgIpc) is 2.46. The molecule has 1 saturated heterocycles. The van der Waals surface area contributed by atoms with E-state index in [1.807, 2.05) is 6.07 Å². The van der Waals surface area contributed by atoms with Crippen LogP contribution in [-0.2, 0) is 9.53 Å². The van der Waals surface area contributed by atoms with Gasteiger partial charge in [0.05, 0.1) is 5.56 Å². The van der Waals surface area contributed by atoms with E-state index in [2.05, 4.69) is 5.32 Å². The van der Waals surface area contributed by atoms with E-state index in [0.717, 1.165) is 12.8 Å². The second-order valence-electron chi connectivity index (χ2n) is 4.50. The van der Waals surface area contributed by atoms with Crippen molar-refractivity contribution < 1.29 is 14.3 Å². The van der Waals surface area contributed by atoms with Gasteiger partial charge in [-0.3, -0.25) is 4.79 Å². The second-order valence-corrected chi connectivity index (χ2v) is 4.93. The highest BCUT2D eigenvalue weighted by Gasteiger charge is 2.16. The van der Waals surface area contributed by atoms with Gasteiger partial charge < -0.3 is 14.8 Å². The summed E-state index contributed by atoms with van der Waals surface area (Å²) < 4.78 is 10.6. The van der Waals surface area contributed by atoms with Crippen molar-refractivity contribution in [1.82, 2.24) is 5.32 Å². The number of carbonyl (C=O) groups is 1. The molecule has 0 aromatic heterocycles. The molecule has 1 aromatic rings. The zero-order valence-corrected chi connectivity index (χ0v) is 11.7. The van der Waals surface area contributed by atoms with Crippen molar-refractivity contribution in [2.24, 2.45) is 0 Å². The summed E-state index contributed by atoms with van der Waals surface area (Å²) in [5.41, 5.74) is 0.355. The van der Waals surface area contributed by atoms with E-state index in [-0.39, 0.29) is 18.6 Å².